The molecule has 0 bridgehead atoms. The summed E-state index contributed by atoms with van der Waals surface area (Å²) in [5.74, 6) is 0.488. The van der Waals surface area contributed by atoms with E-state index in [0.717, 1.165) is 23.8 Å². The fraction of sp³-hybridized carbons (Fsp3) is 0.333. The highest BCUT2D eigenvalue weighted by Crippen LogP contribution is 2.34. The van der Waals surface area contributed by atoms with Gasteiger partial charge in [-0.05, 0) is 35.2 Å². The van der Waals surface area contributed by atoms with Gasteiger partial charge in [0.2, 0.25) is 0 Å². The minimum Gasteiger partial charge on any atom is -0.496 e. The number of alkyl halides is 3. The molecule has 0 spiro atoms. The Morgan fingerprint density at radius 1 is 1.00 bits per heavy atom. The maximum absolute atomic E-state index is 12.8. The number of sulfonamides is 1. The van der Waals surface area contributed by atoms with Crippen LogP contribution in [0, 0.1) is 0 Å². The quantitative estimate of drug-likeness (QED) is 0.819. The Balaban J connectivity index is 2.39. The van der Waals surface area contributed by atoms with Crippen LogP contribution in [0.3, 0.4) is 0 Å². The highest BCUT2D eigenvalue weighted by atomic mass is 32.2. The monoisotopic (exact) mass is 387 g/mol. The summed E-state index contributed by atoms with van der Waals surface area (Å²) in [4.78, 5) is -0.466. The molecule has 0 aliphatic carbocycles. The van der Waals surface area contributed by atoms with Gasteiger partial charge in [-0.3, -0.25) is 4.72 Å². The largest absolute Gasteiger partial charge is 0.496 e. The second-order valence-corrected chi connectivity index (χ2v) is 8.48. The van der Waals surface area contributed by atoms with E-state index in [2.05, 4.69) is 4.72 Å². The van der Waals surface area contributed by atoms with Gasteiger partial charge in [-0.1, -0.05) is 32.9 Å². The van der Waals surface area contributed by atoms with Crippen molar-refractivity contribution >= 4 is 15.7 Å². The molecule has 4 nitrogen and oxygen atoms in total. The molecule has 2 rings (SSSR count). The van der Waals surface area contributed by atoms with Gasteiger partial charge in [0.05, 0.1) is 23.3 Å². The summed E-state index contributed by atoms with van der Waals surface area (Å²) in [6.07, 6.45) is -4.62. The standard InChI is InChI=1S/C18H20F3NO3S/c1-17(2,3)15-9-8-13(11-16(15)25-4)22-26(23,24)14-7-5-6-12(10-14)18(19,20)21/h5-11,22H,1-4H3. The average Bonchev–Trinajstić information content (AvgIpc) is 2.52. The molecule has 0 aliphatic heterocycles. The van der Waals surface area contributed by atoms with Gasteiger partial charge in [-0.15, -0.1) is 0 Å². The van der Waals surface area contributed by atoms with Gasteiger partial charge < -0.3 is 4.74 Å². The van der Waals surface area contributed by atoms with Gasteiger partial charge in [0.1, 0.15) is 5.75 Å². The summed E-state index contributed by atoms with van der Waals surface area (Å²) in [5, 5.41) is 0. The fourth-order valence-electron chi connectivity index (χ4n) is 2.43. The molecule has 0 amide bonds. The van der Waals surface area contributed by atoms with Gasteiger partial charge in [0.15, 0.2) is 0 Å². The van der Waals surface area contributed by atoms with Crippen molar-refractivity contribution in [1.29, 1.82) is 0 Å². The van der Waals surface area contributed by atoms with Crippen LogP contribution in [-0.4, -0.2) is 15.5 Å². The molecule has 2 aromatic carbocycles. The first-order valence-corrected chi connectivity index (χ1v) is 9.21. The number of anilines is 1. The molecule has 2 aromatic rings. The molecular formula is C18H20F3NO3S. The van der Waals surface area contributed by atoms with E-state index in [1.165, 1.54) is 13.2 Å². The van der Waals surface area contributed by atoms with E-state index in [1.54, 1.807) is 12.1 Å². The normalized spacial score (nSPS) is 12.7. The summed E-state index contributed by atoms with van der Waals surface area (Å²) < 4.78 is 70.9. The number of ether oxygens (including phenoxy) is 1. The topological polar surface area (TPSA) is 55.4 Å². The highest BCUT2D eigenvalue weighted by Gasteiger charge is 2.31. The van der Waals surface area contributed by atoms with Crippen molar-refractivity contribution in [2.75, 3.05) is 11.8 Å². The molecule has 0 fully saturated rings. The third-order valence-electron chi connectivity index (χ3n) is 3.73. The molecule has 0 unspecified atom stereocenters. The molecular weight excluding hydrogens is 367 g/mol. The maximum Gasteiger partial charge on any atom is 0.416 e. The van der Waals surface area contributed by atoms with Crippen molar-refractivity contribution < 1.29 is 26.3 Å². The zero-order valence-corrected chi connectivity index (χ0v) is 15.6. The number of hydrogen-bond donors (Lipinski definition) is 1. The van der Waals surface area contributed by atoms with Crippen molar-refractivity contribution in [2.45, 2.75) is 37.3 Å². The van der Waals surface area contributed by atoms with Crippen LogP contribution in [0.25, 0.3) is 0 Å². The van der Waals surface area contributed by atoms with E-state index in [0.29, 0.717) is 11.8 Å². The van der Waals surface area contributed by atoms with Crippen LogP contribution >= 0.6 is 0 Å². The second-order valence-electron chi connectivity index (χ2n) is 6.80. The molecule has 0 heterocycles. The third-order valence-corrected chi connectivity index (χ3v) is 5.11. The van der Waals surface area contributed by atoms with E-state index < -0.39 is 26.7 Å². The van der Waals surface area contributed by atoms with Crippen LogP contribution in [-0.2, 0) is 21.6 Å². The summed E-state index contributed by atoms with van der Waals surface area (Å²) >= 11 is 0. The molecule has 26 heavy (non-hydrogen) atoms. The lowest BCUT2D eigenvalue weighted by atomic mass is 9.86. The lowest BCUT2D eigenvalue weighted by Gasteiger charge is -2.22. The van der Waals surface area contributed by atoms with Crippen molar-refractivity contribution in [2.24, 2.45) is 0 Å². The molecule has 0 saturated heterocycles. The Hall–Kier alpha value is -2.22. The van der Waals surface area contributed by atoms with Crippen LogP contribution in [0.2, 0.25) is 0 Å². The number of nitrogens with one attached hydrogen (secondary N) is 1. The number of benzene rings is 2. The Kier molecular flexibility index (Phi) is 5.28. The molecule has 0 aromatic heterocycles. The number of rotatable bonds is 4. The zero-order chi connectivity index (χ0) is 19.8. The molecule has 1 N–H and O–H groups in total. The predicted octanol–water partition coefficient (Wildman–Crippen LogP) is 4.81. The van der Waals surface area contributed by atoms with E-state index >= 15 is 0 Å². The predicted molar refractivity (Wildman–Crippen MR) is 93.9 cm³/mol. The summed E-state index contributed by atoms with van der Waals surface area (Å²) in [5.41, 5.74) is -0.167. The van der Waals surface area contributed by atoms with Gasteiger partial charge in [-0.25, -0.2) is 8.42 Å². The van der Waals surface area contributed by atoms with Gasteiger partial charge in [-0.2, -0.15) is 13.2 Å². The van der Waals surface area contributed by atoms with E-state index in [9.17, 15) is 21.6 Å². The van der Waals surface area contributed by atoms with Gasteiger partial charge in [0.25, 0.3) is 10.0 Å². The Morgan fingerprint density at radius 2 is 1.65 bits per heavy atom. The molecule has 142 valence electrons. The van der Waals surface area contributed by atoms with Gasteiger partial charge in [0, 0.05) is 6.07 Å². The lowest BCUT2D eigenvalue weighted by molar-refractivity contribution is -0.137. The molecule has 0 saturated carbocycles. The first-order chi connectivity index (χ1) is 11.8. The highest BCUT2D eigenvalue weighted by molar-refractivity contribution is 7.92. The van der Waals surface area contributed by atoms with Gasteiger partial charge >= 0.3 is 6.18 Å². The van der Waals surface area contributed by atoms with Crippen molar-refractivity contribution in [3.8, 4) is 5.75 Å². The van der Waals surface area contributed by atoms with Crippen molar-refractivity contribution in [3.05, 3.63) is 53.6 Å². The SMILES string of the molecule is COc1cc(NS(=O)(=O)c2cccc(C(F)(F)F)c2)ccc1C(C)(C)C. The smallest absolute Gasteiger partial charge is 0.416 e. The van der Waals surface area contributed by atoms with E-state index in [-0.39, 0.29) is 11.1 Å². The number of halogens is 3. The summed E-state index contributed by atoms with van der Waals surface area (Å²) in [7, 11) is -2.71. The Morgan fingerprint density at radius 3 is 2.19 bits per heavy atom. The third kappa shape index (κ3) is 4.49. The maximum atomic E-state index is 12.8. The van der Waals surface area contributed by atoms with Crippen molar-refractivity contribution in [1.82, 2.24) is 0 Å². The minimum atomic E-state index is -4.62. The molecule has 0 atom stereocenters. The van der Waals surface area contributed by atoms with Crippen LogP contribution < -0.4 is 9.46 Å². The molecule has 0 aliphatic rings. The Bertz CT molecular complexity index is 901. The number of hydrogen-bond acceptors (Lipinski definition) is 3. The number of methoxy groups -OCH3 is 1. The summed E-state index contributed by atoms with van der Waals surface area (Å²) in [6, 6.07) is 8.37. The lowest BCUT2D eigenvalue weighted by Crippen LogP contribution is -2.16. The molecule has 0 radical (unpaired) electrons. The van der Waals surface area contributed by atoms with E-state index in [4.69, 9.17) is 4.74 Å². The van der Waals surface area contributed by atoms with Crippen LogP contribution in [0.15, 0.2) is 47.4 Å². The Labute approximate surface area is 151 Å². The zero-order valence-electron chi connectivity index (χ0n) is 14.8. The van der Waals surface area contributed by atoms with E-state index in [1.807, 2.05) is 20.8 Å². The van der Waals surface area contributed by atoms with Crippen LogP contribution in [0.1, 0.15) is 31.9 Å². The first-order valence-electron chi connectivity index (χ1n) is 7.73. The minimum absolute atomic E-state index is 0.201. The average molecular weight is 387 g/mol. The first kappa shape index (κ1) is 20.1. The fourth-order valence-corrected chi connectivity index (χ4v) is 3.52. The summed E-state index contributed by atoms with van der Waals surface area (Å²) in [6.45, 7) is 5.95. The second kappa shape index (κ2) is 6.83. The van der Waals surface area contributed by atoms with Crippen molar-refractivity contribution in [3.63, 3.8) is 0 Å². The van der Waals surface area contributed by atoms with Crippen LogP contribution in [0.4, 0.5) is 18.9 Å². The van der Waals surface area contributed by atoms with Crippen LogP contribution in [0.5, 0.6) is 5.75 Å². The molecule has 8 heteroatoms.